The van der Waals surface area contributed by atoms with Gasteiger partial charge in [-0.05, 0) is 77.0 Å². The molecule has 0 aliphatic carbocycles. The highest BCUT2D eigenvalue weighted by Gasteiger charge is 2.15. The maximum Gasteiger partial charge on any atom is 0.0921 e. The molecule has 50 heavy (non-hydrogen) atoms. The quantitative estimate of drug-likeness (QED) is 0.159. The highest BCUT2D eigenvalue weighted by atomic mass is 15.1. The molecule has 0 saturated carbocycles. The first-order chi connectivity index (χ1) is 24.7. The van der Waals surface area contributed by atoms with E-state index in [0.717, 1.165) is 27.9 Å². The van der Waals surface area contributed by atoms with Crippen molar-refractivity contribution in [2.45, 2.75) is 6.67 Å². The van der Waals surface area contributed by atoms with Crippen LogP contribution >= 0.6 is 0 Å². The zero-order valence-electron chi connectivity index (χ0n) is 27.4. The van der Waals surface area contributed by atoms with Gasteiger partial charge in [0.05, 0.1) is 34.4 Å². The molecule has 0 atom stereocenters. The van der Waals surface area contributed by atoms with Gasteiger partial charge in [-0.15, -0.1) is 0 Å². The maximum atomic E-state index is 8.82. The van der Waals surface area contributed by atoms with Crippen molar-refractivity contribution in [2.75, 3.05) is 0 Å². The Bertz CT molecular complexity index is 2660. The number of fused-ring (bicyclic) bond motifs is 6. The van der Waals surface area contributed by atoms with Crippen molar-refractivity contribution in [3.8, 4) is 27.9 Å². The molecule has 0 aliphatic heterocycles. The summed E-state index contributed by atoms with van der Waals surface area (Å²) >= 11 is 0. The zero-order chi connectivity index (χ0) is 33.4. The van der Waals surface area contributed by atoms with E-state index in [1.807, 2.05) is 30.5 Å². The van der Waals surface area contributed by atoms with Gasteiger partial charge in [-0.1, -0.05) is 127 Å². The first-order valence-corrected chi connectivity index (χ1v) is 17.0. The third-order valence-corrected chi connectivity index (χ3v) is 9.71. The largest absolute Gasteiger partial charge is 0.373 e. The first kappa shape index (κ1) is 29.5. The molecule has 0 saturated heterocycles. The summed E-state index contributed by atoms with van der Waals surface area (Å²) in [7, 11) is 0. The summed E-state index contributed by atoms with van der Waals surface area (Å²) in [5.41, 5.74) is 11.9. The van der Waals surface area contributed by atoms with E-state index in [2.05, 4.69) is 166 Å². The molecule has 2 aromatic heterocycles. The molecule has 238 valence electrons. The van der Waals surface area contributed by atoms with Gasteiger partial charge >= 0.3 is 0 Å². The molecule has 0 fully saturated rings. The lowest BCUT2D eigenvalue weighted by molar-refractivity contribution is 0.684. The second kappa shape index (κ2) is 12.4. The van der Waals surface area contributed by atoms with Gasteiger partial charge in [-0.3, -0.25) is 0 Å². The van der Waals surface area contributed by atoms with Crippen molar-refractivity contribution in [3.05, 3.63) is 188 Å². The molecule has 4 heteroatoms. The van der Waals surface area contributed by atoms with Crippen LogP contribution < -0.4 is 5.32 Å². The Morgan fingerprint density at radius 1 is 0.480 bits per heavy atom. The molecular weight excluding hydrogens is 609 g/mol. The van der Waals surface area contributed by atoms with E-state index < -0.39 is 0 Å². The smallest absolute Gasteiger partial charge is 0.0921 e. The lowest BCUT2D eigenvalue weighted by Crippen LogP contribution is -2.12. The van der Waals surface area contributed by atoms with Crippen LogP contribution in [0.3, 0.4) is 0 Å². The van der Waals surface area contributed by atoms with Gasteiger partial charge in [0.2, 0.25) is 0 Å². The minimum atomic E-state index is 0.457. The van der Waals surface area contributed by atoms with E-state index in [1.54, 1.807) is 0 Å². The molecule has 0 amide bonds. The Morgan fingerprint density at radius 3 is 1.72 bits per heavy atom. The van der Waals surface area contributed by atoms with Gasteiger partial charge in [0.1, 0.15) is 0 Å². The van der Waals surface area contributed by atoms with Gasteiger partial charge in [0.15, 0.2) is 0 Å². The topological polar surface area (TPSA) is 45.7 Å². The van der Waals surface area contributed by atoms with E-state index >= 15 is 0 Å². The zero-order valence-corrected chi connectivity index (χ0v) is 27.4. The molecule has 0 radical (unpaired) electrons. The van der Waals surface area contributed by atoms with Crippen LogP contribution in [0.1, 0.15) is 5.56 Å². The van der Waals surface area contributed by atoms with Crippen LogP contribution in [0.4, 0.5) is 0 Å². The summed E-state index contributed by atoms with van der Waals surface area (Å²) in [6, 6.07) is 59.9. The van der Waals surface area contributed by atoms with Gasteiger partial charge in [-0.25, -0.2) is 0 Å². The molecular formula is C46H34N4. The summed E-state index contributed by atoms with van der Waals surface area (Å²) in [6.45, 7) is 0.580. The predicted molar refractivity (Wildman–Crippen MR) is 210 cm³/mol. The van der Waals surface area contributed by atoms with Gasteiger partial charge in [-0.2, -0.15) is 0 Å². The number of nitrogens with zero attached hydrogens (tertiary/aromatic N) is 2. The summed E-state index contributed by atoms with van der Waals surface area (Å²) in [5.74, 6) is 0. The highest BCUT2D eigenvalue weighted by Crippen LogP contribution is 2.35. The molecule has 4 nitrogen and oxygen atoms in total. The molecule has 0 spiro atoms. The number of allylic oxidation sites excluding steroid dienone is 1. The number of para-hydroxylation sites is 3. The normalized spacial score (nSPS) is 11.7. The second-order valence-corrected chi connectivity index (χ2v) is 12.6. The van der Waals surface area contributed by atoms with Crippen LogP contribution in [0.25, 0.3) is 71.6 Å². The van der Waals surface area contributed by atoms with E-state index in [-0.39, 0.29) is 0 Å². The second-order valence-electron chi connectivity index (χ2n) is 12.6. The van der Waals surface area contributed by atoms with Crippen molar-refractivity contribution in [2.24, 2.45) is 0 Å². The average Bonchev–Trinajstić information content (AvgIpc) is 3.69. The van der Waals surface area contributed by atoms with E-state index in [1.165, 1.54) is 49.2 Å². The van der Waals surface area contributed by atoms with Crippen LogP contribution in [-0.2, 0) is 6.67 Å². The van der Waals surface area contributed by atoms with Gasteiger partial charge in [0.25, 0.3) is 0 Å². The highest BCUT2D eigenvalue weighted by molar-refractivity contribution is 6.11. The van der Waals surface area contributed by atoms with E-state index in [4.69, 9.17) is 5.41 Å². The van der Waals surface area contributed by atoms with Crippen molar-refractivity contribution < 1.29 is 0 Å². The summed E-state index contributed by atoms with van der Waals surface area (Å²) < 4.78 is 4.69. The number of hydrogen-bond donors (Lipinski definition) is 2. The fourth-order valence-corrected chi connectivity index (χ4v) is 7.29. The van der Waals surface area contributed by atoms with Crippen LogP contribution in [0.15, 0.2) is 182 Å². The lowest BCUT2D eigenvalue weighted by Gasteiger charge is -2.10. The van der Waals surface area contributed by atoms with Crippen molar-refractivity contribution in [3.63, 3.8) is 0 Å². The third kappa shape index (κ3) is 5.15. The Hall–Kier alpha value is -6.65. The number of aromatic nitrogens is 2. The molecule has 2 N–H and O–H groups in total. The van der Waals surface area contributed by atoms with Crippen LogP contribution in [0.5, 0.6) is 0 Å². The maximum absolute atomic E-state index is 8.82. The number of hydrogen-bond acceptors (Lipinski definition) is 2. The molecule has 0 bridgehead atoms. The van der Waals surface area contributed by atoms with Crippen LogP contribution in [0, 0.1) is 5.41 Å². The SMILES string of the molecule is N=C(/C=C\NCn1c2ccccc2c2cc(-n3c4ccccc4c4ccccc43)ccc21)c1cccc(-c2ccc(-c3ccccc3)cc2)c1. The van der Waals surface area contributed by atoms with E-state index in [9.17, 15) is 0 Å². The minimum Gasteiger partial charge on any atom is -0.373 e. The lowest BCUT2D eigenvalue weighted by atomic mass is 9.98. The van der Waals surface area contributed by atoms with Crippen molar-refractivity contribution >= 4 is 49.3 Å². The third-order valence-electron chi connectivity index (χ3n) is 9.71. The average molecular weight is 643 g/mol. The Balaban J connectivity index is 0.970. The number of nitrogens with one attached hydrogen (secondary N) is 2. The van der Waals surface area contributed by atoms with Crippen molar-refractivity contribution in [1.82, 2.24) is 14.5 Å². The molecule has 9 aromatic rings. The Morgan fingerprint density at radius 2 is 1.02 bits per heavy atom. The fourth-order valence-electron chi connectivity index (χ4n) is 7.29. The van der Waals surface area contributed by atoms with Gasteiger partial charge < -0.3 is 19.9 Å². The van der Waals surface area contributed by atoms with Crippen LogP contribution in [-0.4, -0.2) is 14.8 Å². The molecule has 7 aromatic carbocycles. The summed E-state index contributed by atoms with van der Waals surface area (Å²) in [4.78, 5) is 0. The molecule has 2 heterocycles. The first-order valence-electron chi connectivity index (χ1n) is 17.0. The molecule has 0 aliphatic rings. The number of rotatable bonds is 8. The Labute approximate surface area is 290 Å². The van der Waals surface area contributed by atoms with E-state index in [0.29, 0.717) is 12.4 Å². The van der Waals surface area contributed by atoms with Gasteiger partial charge in [0, 0.05) is 32.8 Å². The van der Waals surface area contributed by atoms with Crippen molar-refractivity contribution in [1.29, 1.82) is 5.41 Å². The summed E-state index contributed by atoms with van der Waals surface area (Å²) in [6.07, 6.45) is 3.72. The summed E-state index contributed by atoms with van der Waals surface area (Å²) in [5, 5.41) is 17.2. The fraction of sp³-hybridized carbons (Fsp3) is 0.0217. The molecule has 9 rings (SSSR count). The predicted octanol–water partition coefficient (Wildman–Crippen LogP) is 11.4. The molecule has 0 unspecified atom stereocenters. The number of benzene rings is 7. The Kier molecular flexibility index (Phi) is 7.33. The van der Waals surface area contributed by atoms with Crippen LogP contribution in [0.2, 0.25) is 0 Å². The minimum absolute atomic E-state index is 0.457. The standard InChI is InChI=1S/C46H34N4/c47-42(36-14-10-13-35(29-36)34-23-21-33(22-24-34)32-11-2-1-3-12-32)27-28-48-31-49-43-18-7-4-17-40(43)41-30-37(25-26-44(41)49)50-45-19-8-5-15-38(45)39-16-6-9-20-46(39)50/h1-30,47-48H,31H2/b28-27-,47-42?. The monoisotopic (exact) mass is 642 g/mol.